The van der Waals surface area contributed by atoms with Gasteiger partial charge < -0.3 is 14.0 Å². The summed E-state index contributed by atoms with van der Waals surface area (Å²) in [5.41, 5.74) is 4.01. The number of hydrogen-bond acceptors (Lipinski definition) is 5. The molecular formula is C25H21NO5. The maximum Gasteiger partial charge on any atom is 0.347 e. The van der Waals surface area contributed by atoms with Gasteiger partial charge in [-0.3, -0.25) is 4.79 Å². The maximum absolute atomic E-state index is 12.9. The molecule has 3 aromatic rings. The molecule has 2 aromatic carbocycles. The molecule has 0 spiro atoms. The zero-order valence-electron chi connectivity index (χ0n) is 17.1. The lowest BCUT2D eigenvalue weighted by molar-refractivity contribution is -0.149. The topological polar surface area (TPSA) is 74.6 Å². The van der Waals surface area contributed by atoms with E-state index in [1.807, 2.05) is 54.6 Å². The number of aryl methyl sites for hydroxylation is 1. The lowest BCUT2D eigenvalue weighted by atomic mass is 9.89. The monoisotopic (exact) mass is 415 g/mol. The van der Waals surface area contributed by atoms with E-state index in [0.717, 1.165) is 35.1 Å². The highest BCUT2D eigenvalue weighted by atomic mass is 16.6. The zero-order chi connectivity index (χ0) is 21.5. The van der Waals surface area contributed by atoms with Gasteiger partial charge in [0.25, 0.3) is 0 Å². The minimum absolute atomic E-state index is 0.147. The quantitative estimate of drug-likeness (QED) is 0.479. The van der Waals surface area contributed by atoms with E-state index in [1.165, 1.54) is 6.92 Å². The van der Waals surface area contributed by atoms with E-state index in [-0.39, 0.29) is 11.9 Å². The Morgan fingerprint density at radius 3 is 2.52 bits per heavy atom. The number of cyclic esters (lactones) is 2. The van der Waals surface area contributed by atoms with Crippen LogP contribution >= 0.6 is 0 Å². The number of benzene rings is 2. The van der Waals surface area contributed by atoms with Gasteiger partial charge >= 0.3 is 17.9 Å². The van der Waals surface area contributed by atoms with E-state index in [9.17, 15) is 14.4 Å². The summed E-state index contributed by atoms with van der Waals surface area (Å²) < 4.78 is 12.5. The van der Waals surface area contributed by atoms with Crippen molar-refractivity contribution in [3.05, 3.63) is 71.4 Å². The number of para-hydroxylation sites is 1. The summed E-state index contributed by atoms with van der Waals surface area (Å²) in [5, 5.41) is 0.917. The first-order chi connectivity index (χ1) is 15.0. The fourth-order valence-electron chi connectivity index (χ4n) is 4.65. The van der Waals surface area contributed by atoms with Crippen molar-refractivity contribution in [1.82, 2.24) is 4.57 Å². The Kier molecular flexibility index (Phi) is 4.70. The molecule has 3 heterocycles. The van der Waals surface area contributed by atoms with Gasteiger partial charge in [0.15, 0.2) is 0 Å². The zero-order valence-corrected chi connectivity index (χ0v) is 17.1. The van der Waals surface area contributed by atoms with Crippen LogP contribution in [0.25, 0.3) is 22.0 Å². The fraction of sp³-hybridized carbons (Fsp3) is 0.240. The van der Waals surface area contributed by atoms with Crippen molar-refractivity contribution in [2.45, 2.75) is 26.3 Å². The van der Waals surface area contributed by atoms with Gasteiger partial charge in [0, 0.05) is 41.5 Å². The second-order valence-corrected chi connectivity index (χ2v) is 7.94. The second-order valence-electron chi connectivity index (χ2n) is 7.94. The van der Waals surface area contributed by atoms with Gasteiger partial charge in [0.1, 0.15) is 0 Å². The van der Waals surface area contributed by atoms with Crippen LogP contribution in [0, 0.1) is 5.92 Å². The van der Waals surface area contributed by atoms with Crippen LogP contribution < -0.4 is 0 Å². The van der Waals surface area contributed by atoms with E-state index < -0.39 is 11.9 Å². The molecule has 31 heavy (non-hydrogen) atoms. The molecular weight excluding hydrogens is 394 g/mol. The van der Waals surface area contributed by atoms with Crippen LogP contribution in [0.3, 0.4) is 0 Å². The Balaban J connectivity index is 1.72. The minimum atomic E-state index is -0.623. The lowest BCUT2D eigenvalue weighted by Crippen LogP contribution is -2.24. The normalized spacial score (nSPS) is 18.3. The number of nitrogens with zero attached hydrogens (tertiary/aromatic N) is 1. The molecule has 1 atom stereocenters. The second kappa shape index (κ2) is 7.54. The Morgan fingerprint density at radius 2 is 1.74 bits per heavy atom. The molecule has 0 amide bonds. The highest BCUT2D eigenvalue weighted by molar-refractivity contribution is 6.46. The third kappa shape index (κ3) is 3.24. The fourth-order valence-corrected chi connectivity index (χ4v) is 4.65. The van der Waals surface area contributed by atoms with Crippen molar-refractivity contribution in [2.24, 2.45) is 5.92 Å². The summed E-state index contributed by atoms with van der Waals surface area (Å²) in [5.74, 6) is -1.40. The lowest BCUT2D eigenvalue weighted by Gasteiger charge is -2.25. The number of hydrogen-bond donors (Lipinski definition) is 0. The molecule has 0 fully saturated rings. The summed E-state index contributed by atoms with van der Waals surface area (Å²) in [6.07, 6.45) is 1.51. The molecule has 6 nitrogen and oxygen atoms in total. The number of carbonyl (C=O) groups excluding carboxylic acids is 3. The van der Waals surface area contributed by atoms with Gasteiger partial charge in [-0.1, -0.05) is 48.5 Å². The first kappa shape index (κ1) is 19.3. The largest absolute Gasteiger partial charge is 0.466 e. The molecule has 0 bridgehead atoms. The predicted octanol–water partition coefficient (Wildman–Crippen LogP) is 3.76. The third-order valence-electron chi connectivity index (χ3n) is 6.00. The number of rotatable bonds is 4. The number of carbonyl (C=O) groups is 3. The third-order valence-corrected chi connectivity index (χ3v) is 6.00. The van der Waals surface area contributed by atoms with E-state index in [0.29, 0.717) is 29.7 Å². The van der Waals surface area contributed by atoms with Crippen molar-refractivity contribution in [3.63, 3.8) is 0 Å². The van der Waals surface area contributed by atoms with Crippen molar-refractivity contribution in [3.8, 4) is 0 Å². The SMILES string of the molecule is CC(=O)OCC1CCn2c(c(C3=C(c4ccccc4)C(=O)OC3=O)c3ccccc32)C1. The van der Waals surface area contributed by atoms with Crippen LogP contribution in [-0.4, -0.2) is 29.1 Å². The van der Waals surface area contributed by atoms with Crippen molar-refractivity contribution >= 4 is 40.0 Å². The predicted molar refractivity (Wildman–Crippen MR) is 115 cm³/mol. The molecule has 156 valence electrons. The summed E-state index contributed by atoms with van der Waals surface area (Å²) in [6.45, 7) is 2.49. The van der Waals surface area contributed by atoms with Crippen molar-refractivity contribution in [2.75, 3.05) is 6.61 Å². The standard InChI is InChI=1S/C25H21NO5/c1-15(27)30-14-16-11-12-26-19-10-6-5-9-18(19)22(20(26)13-16)23-21(24(28)31-25(23)29)17-7-3-2-4-8-17/h2-10,16H,11-14H2,1H3. The van der Waals surface area contributed by atoms with Crippen LogP contribution in [0.5, 0.6) is 0 Å². The number of fused-ring (bicyclic) bond motifs is 3. The molecule has 2 aliphatic heterocycles. The smallest absolute Gasteiger partial charge is 0.347 e. The van der Waals surface area contributed by atoms with Crippen molar-refractivity contribution < 1.29 is 23.9 Å². The maximum atomic E-state index is 12.9. The molecule has 0 saturated heterocycles. The Hall–Kier alpha value is -3.67. The van der Waals surface area contributed by atoms with Gasteiger partial charge in [-0.15, -0.1) is 0 Å². The Bertz CT molecular complexity index is 1250. The highest BCUT2D eigenvalue weighted by Gasteiger charge is 2.39. The van der Waals surface area contributed by atoms with E-state index in [2.05, 4.69) is 4.57 Å². The van der Waals surface area contributed by atoms with Gasteiger partial charge in [0.05, 0.1) is 17.8 Å². The van der Waals surface area contributed by atoms with Gasteiger partial charge in [-0.2, -0.15) is 0 Å². The number of aromatic nitrogens is 1. The van der Waals surface area contributed by atoms with Gasteiger partial charge in [-0.25, -0.2) is 9.59 Å². The van der Waals surface area contributed by atoms with Gasteiger partial charge in [-0.05, 0) is 24.5 Å². The molecule has 0 aliphatic carbocycles. The van der Waals surface area contributed by atoms with Crippen LogP contribution in [-0.2, 0) is 36.8 Å². The average Bonchev–Trinajstić information content (AvgIpc) is 3.25. The summed E-state index contributed by atoms with van der Waals surface area (Å²) in [4.78, 5) is 36.9. The number of esters is 3. The van der Waals surface area contributed by atoms with E-state index in [1.54, 1.807) is 0 Å². The minimum Gasteiger partial charge on any atom is -0.466 e. The molecule has 2 aliphatic rings. The van der Waals surface area contributed by atoms with Gasteiger partial charge in [0.2, 0.25) is 0 Å². The molecule has 0 saturated carbocycles. The first-order valence-corrected chi connectivity index (χ1v) is 10.3. The molecule has 0 N–H and O–H groups in total. The Labute approximate surface area is 179 Å². The summed E-state index contributed by atoms with van der Waals surface area (Å²) in [7, 11) is 0. The van der Waals surface area contributed by atoms with Crippen LogP contribution in [0.15, 0.2) is 54.6 Å². The van der Waals surface area contributed by atoms with E-state index in [4.69, 9.17) is 9.47 Å². The molecule has 6 heteroatoms. The summed E-state index contributed by atoms with van der Waals surface area (Å²) in [6, 6.07) is 17.0. The molecule has 1 aromatic heterocycles. The summed E-state index contributed by atoms with van der Waals surface area (Å²) >= 11 is 0. The highest BCUT2D eigenvalue weighted by Crippen LogP contribution is 2.42. The van der Waals surface area contributed by atoms with Crippen LogP contribution in [0.2, 0.25) is 0 Å². The van der Waals surface area contributed by atoms with Crippen LogP contribution in [0.4, 0.5) is 0 Å². The Morgan fingerprint density at radius 1 is 1.03 bits per heavy atom. The van der Waals surface area contributed by atoms with Crippen molar-refractivity contribution in [1.29, 1.82) is 0 Å². The molecule has 5 rings (SSSR count). The van der Waals surface area contributed by atoms with Crippen LogP contribution in [0.1, 0.15) is 30.2 Å². The van der Waals surface area contributed by atoms with E-state index >= 15 is 0 Å². The molecule has 0 radical (unpaired) electrons. The first-order valence-electron chi connectivity index (χ1n) is 10.3. The average molecular weight is 415 g/mol. The molecule has 1 unspecified atom stereocenters. The number of ether oxygens (including phenoxy) is 2.